The Morgan fingerprint density at radius 3 is 2.62 bits per heavy atom. The molecule has 4 rings (SSSR count). The lowest BCUT2D eigenvalue weighted by Gasteiger charge is -2.21. The Labute approximate surface area is 233 Å². The molecule has 4 aromatic rings. The number of nitrogens with zero attached hydrogens (tertiary/aromatic N) is 4. The molecule has 0 fully saturated rings. The number of benzene rings is 2. The van der Waals surface area contributed by atoms with Crippen LogP contribution in [0.3, 0.4) is 0 Å². The minimum Gasteiger partial charge on any atom is -0.342 e. The van der Waals surface area contributed by atoms with Gasteiger partial charge in [-0.15, -0.1) is 10.2 Å². The number of thioether (sulfide) groups is 1. The van der Waals surface area contributed by atoms with Crippen LogP contribution < -0.4 is 10.6 Å². The molecule has 2 heterocycles. The molecule has 0 aliphatic rings. The van der Waals surface area contributed by atoms with Crippen LogP contribution in [-0.4, -0.2) is 37.3 Å². The number of para-hydroxylation sites is 1. The lowest BCUT2D eigenvalue weighted by atomic mass is 10.0. The van der Waals surface area contributed by atoms with Crippen LogP contribution in [0.4, 0.5) is 5.13 Å². The molecule has 1 atom stereocenters. The van der Waals surface area contributed by atoms with E-state index in [0.717, 1.165) is 10.2 Å². The predicted octanol–water partition coefficient (Wildman–Crippen LogP) is 6.46. The molecule has 2 aromatic carbocycles. The lowest BCUT2D eigenvalue weighted by Crippen LogP contribution is -2.31. The van der Waals surface area contributed by atoms with E-state index in [4.69, 9.17) is 23.2 Å². The summed E-state index contributed by atoms with van der Waals surface area (Å²) in [5, 5.41) is 16.5. The van der Waals surface area contributed by atoms with Crippen molar-refractivity contribution in [3.05, 3.63) is 63.9 Å². The van der Waals surface area contributed by atoms with Crippen LogP contribution in [0.25, 0.3) is 10.2 Å². The molecule has 0 saturated carbocycles. The van der Waals surface area contributed by atoms with Crippen molar-refractivity contribution in [1.29, 1.82) is 0 Å². The smallest absolute Gasteiger partial charge is 0.253 e. The topological polar surface area (TPSA) is 102 Å². The SMILES string of the molecule is CCn1c(SCC(=O)Nc2nc3ccccc3s2)nnc1[C@@H](CC(C)C)NC(=O)c1ccc(Cl)cc1Cl. The Bertz CT molecular complexity index is 1390. The number of aromatic nitrogens is 4. The molecule has 12 heteroatoms. The van der Waals surface area contributed by atoms with E-state index < -0.39 is 6.04 Å². The molecule has 37 heavy (non-hydrogen) atoms. The van der Waals surface area contributed by atoms with Gasteiger partial charge in [-0.05, 0) is 49.6 Å². The Hall–Kier alpha value is -2.66. The summed E-state index contributed by atoms with van der Waals surface area (Å²) in [4.78, 5) is 30.1. The number of nitrogens with one attached hydrogen (secondary N) is 2. The van der Waals surface area contributed by atoms with Crippen LogP contribution in [0.1, 0.15) is 49.4 Å². The van der Waals surface area contributed by atoms with Crippen LogP contribution in [0.5, 0.6) is 0 Å². The molecule has 0 bridgehead atoms. The molecule has 0 radical (unpaired) electrons. The van der Waals surface area contributed by atoms with Crippen molar-refractivity contribution in [2.24, 2.45) is 5.92 Å². The highest BCUT2D eigenvalue weighted by atomic mass is 35.5. The van der Waals surface area contributed by atoms with Gasteiger partial charge in [0.15, 0.2) is 16.1 Å². The van der Waals surface area contributed by atoms with Gasteiger partial charge in [0, 0.05) is 11.6 Å². The van der Waals surface area contributed by atoms with Crippen molar-refractivity contribution in [2.45, 2.75) is 44.9 Å². The second-order valence-electron chi connectivity index (χ2n) is 8.69. The van der Waals surface area contributed by atoms with Gasteiger partial charge in [0.2, 0.25) is 5.91 Å². The van der Waals surface area contributed by atoms with Gasteiger partial charge < -0.3 is 15.2 Å². The highest BCUT2D eigenvalue weighted by Gasteiger charge is 2.25. The summed E-state index contributed by atoms with van der Waals surface area (Å²) in [6.45, 7) is 6.70. The molecular weight excluding hydrogens is 551 g/mol. The fourth-order valence-electron chi connectivity index (χ4n) is 3.78. The van der Waals surface area contributed by atoms with Crippen molar-refractivity contribution >= 4 is 73.5 Å². The number of hydrogen-bond acceptors (Lipinski definition) is 7. The monoisotopic (exact) mass is 576 g/mol. The van der Waals surface area contributed by atoms with Crippen molar-refractivity contribution in [3.8, 4) is 0 Å². The van der Waals surface area contributed by atoms with Gasteiger partial charge in [-0.2, -0.15) is 0 Å². The van der Waals surface area contributed by atoms with E-state index in [1.165, 1.54) is 29.2 Å². The minimum absolute atomic E-state index is 0.148. The van der Waals surface area contributed by atoms with Gasteiger partial charge in [-0.1, -0.05) is 72.3 Å². The Morgan fingerprint density at radius 2 is 1.92 bits per heavy atom. The quantitative estimate of drug-likeness (QED) is 0.210. The third-order valence-electron chi connectivity index (χ3n) is 5.43. The van der Waals surface area contributed by atoms with E-state index in [-0.39, 0.29) is 28.5 Å². The third-order valence-corrected chi connectivity index (χ3v) is 7.90. The molecule has 2 amide bonds. The Balaban J connectivity index is 1.46. The maximum absolute atomic E-state index is 13.0. The van der Waals surface area contributed by atoms with E-state index in [1.54, 1.807) is 12.1 Å². The Morgan fingerprint density at radius 1 is 1.14 bits per heavy atom. The van der Waals surface area contributed by atoms with Crippen LogP contribution in [0.2, 0.25) is 10.0 Å². The van der Waals surface area contributed by atoms with E-state index in [1.807, 2.05) is 35.8 Å². The molecule has 0 unspecified atom stereocenters. The van der Waals surface area contributed by atoms with Crippen LogP contribution in [0.15, 0.2) is 47.6 Å². The van der Waals surface area contributed by atoms with Gasteiger partial charge in [0.05, 0.1) is 32.6 Å². The van der Waals surface area contributed by atoms with E-state index in [2.05, 4.69) is 39.7 Å². The van der Waals surface area contributed by atoms with E-state index in [0.29, 0.717) is 39.7 Å². The van der Waals surface area contributed by atoms with Crippen molar-refractivity contribution in [3.63, 3.8) is 0 Å². The number of hydrogen-bond donors (Lipinski definition) is 2. The number of fused-ring (bicyclic) bond motifs is 1. The molecule has 0 spiro atoms. The molecule has 8 nitrogen and oxygen atoms in total. The predicted molar refractivity (Wildman–Crippen MR) is 151 cm³/mol. The van der Waals surface area contributed by atoms with Gasteiger partial charge in [-0.25, -0.2) is 4.98 Å². The number of carbonyl (C=O) groups excluding carboxylic acids is 2. The first kappa shape index (κ1) is 27.4. The molecule has 2 aromatic heterocycles. The minimum atomic E-state index is -0.391. The molecule has 2 N–H and O–H groups in total. The van der Waals surface area contributed by atoms with Crippen molar-refractivity contribution in [2.75, 3.05) is 11.1 Å². The van der Waals surface area contributed by atoms with Crippen LogP contribution in [-0.2, 0) is 11.3 Å². The summed E-state index contributed by atoms with van der Waals surface area (Å²) in [5.41, 5.74) is 1.19. The maximum Gasteiger partial charge on any atom is 0.253 e. The molecule has 0 aliphatic carbocycles. The number of thiazole rings is 1. The maximum atomic E-state index is 13.0. The summed E-state index contributed by atoms with van der Waals surface area (Å²) >= 11 is 14.9. The largest absolute Gasteiger partial charge is 0.342 e. The molecular formula is C25H26Cl2N6O2S2. The first-order valence-electron chi connectivity index (χ1n) is 11.7. The summed E-state index contributed by atoms with van der Waals surface area (Å²) in [7, 11) is 0. The normalized spacial score (nSPS) is 12.2. The average Bonchev–Trinajstić information content (AvgIpc) is 3.44. The van der Waals surface area contributed by atoms with E-state index >= 15 is 0 Å². The van der Waals surface area contributed by atoms with Gasteiger partial charge in [0.1, 0.15) is 0 Å². The van der Waals surface area contributed by atoms with Crippen LogP contribution >= 0.6 is 46.3 Å². The fraction of sp³-hybridized carbons (Fsp3) is 0.320. The van der Waals surface area contributed by atoms with Crippen molar-refractivity contribution in [1.82, 2.24) is 25.1 Å². The summed E-state index contributed by atoms with van der Waals surface area (Å²) in [6, 6.07) is 12.1. The first-order valence-corrected chi connectivity index (χ1v) is 14.3. The van der Waals surface area contributed by atoms with Crippen LogP contribution in [0, 0.1) is 5.92 Å². The number of anilines is 1. The summed E-state index contributed by atoms with van der Waals surface area (Å²) in [5.74, 6) is 0.561. The zero-order valence-electron chi connectivity index (χ0n) is 20.5. The molecule has 0 aliphatic heterocycles. The second kappa shape index (κ2) is 12.3. The summed E-state index contributed by atoms with van der Waals surface area (Å²) < 4.78 is 2.94. The van der Waals surface area contributed by atoms with Crippen molar-refractivity contribution < 1.29 is 9.59 Å². The first-order chi connectivity index (χ1) is 17.7. The second-order valence-corrected chi connectivity index (χ2v) is 11.5. The number of rotatable bonds is 10. The lowest BCUT2D eigenvalue weighted by molar-refractivity contribution is -0.113. The van der Waals surface area contributed by atoms with Gasteiger partial charge in [-0.3, -0.25) is 9.59 Å². The third kappa shape index (κ3) is 6.81. The summed E-state index contributed by atoms with van der Waals surface area (Å²) in [6.07, 6.45) is 0.651. The van der Waals surface area contributed by atoms with E-state index in [9.17, 15) is 9.59 Å². The number of amides is 2. The Kier molecular flexibility index (Phi) is 9.07. The highest BCUT2D eigenvalue weighted by Crippen LogP contribution is 2.28. The fourth-order valence-corrected chi connectivity index (χ4v) is 5.97. The standard InChI is InChI=1S/C25H26Cl2N6O2S2/c1-4-33-22(19(11-14(2)3)28-23(35)16-10-9-15(26)12-17(16)27)31-32-25(33)36-13-21(34)30-24-29-18-7-5-6-8-20(18)37-24/h5-10,12,14,19H,4,11,13H2,1-3H3,(H,28,35)(H,29,30,34)/t19-/m1/s1. The number of halogens is 2. The highest BCUT2D eigenvalue weighted by molar-refractivity contribution is 7.99. The zero-order chi connectivity index (χ0) is 26.5. The van der Waals surface area contributed by atoms with Gasteiger partial charge in [0.25, 0.3) is 5.91 Å². The zero-order valence-corrected chi connectivity index (χ0v) is 23.6. The number of carbonyl (C=O) groups is 2. The van der Waals surface area contributed by atoms with Gasteiger partial charge >= 0.3 is 0 Å². The average molecular weight is 578 g/mol. The molecule has 194 valence electrons. The molecule has 0 saturated heterocycles.